The average molecular weight is 2010 g/mol. The molecule has 0 unspecified atom stereocenters. The summed E-state index contributed by atoms with van der Waals surface area (Å²) < 4.78 is 1.42. The van der Waals surface area contributed by atoms with Gasteiger partial charge in [-0.25, -0.2) is 0 Å². The predicted octanol–water partition coefficient (Wildman–Crippen LogP) is 36.5. The second-order valence-electron chi connectivity index (χ2n) is 40.4. The number of hydrogen-bond acceptors (Lipinski definition) is 0. The molecule has 0 nitrogen and oxygen atoms in total. The number of benzene rings is 6. The molecule has 0 aliphatic rings. The van der Waals surface area contributed by atoms with Crippen molar-refractivity contribution in [1.29, 1.82) is 0 Å². The van der Waals surface area contributed by atoms with Crippen molar-refractivity contribution in [2.45, 2.75) is 398 Å². The van der Waals surface area contributed by atoms with Crippen LogP contribution >= 0.6 is 22.6 Å². The second kappa shape index (κ2) is 62.7. The molecule has 0 bridgehead atoms. The van der Waals surface area contributed by atoms with E-state index in [9.17, 15) is 0 Å². The molecule has 0 aliphatic heterocycles. The van der Waals surface area contributed by atoms with Crippen molar-refractivity contribution in [2.24, 2.45) is 0 Å². The molecule has 0 aliphatic carbocycles. The molecule has 5 heteroatoms. The minimum absolute atomic E-state index is 0. The van der Waals surface area contributed by atoms with E-state index in [1.807, 2.05) is 0 Å². The van der Waals surface area contributed by atoms with Gasteiger partial charge in [0.05, 0.1) is 0 Å². The Bertz CT molecular complexity index is 5410. The summed E-state index contributed by atoms with van der Waals surface area (Å²) in [5.41, 5.74) is 43.7. The average Bonchev–Trinajstić information content (AvgIpc) is 0.810. The summed E-state index contributed by atoms with van der Waals surface area (Å²) in [5, 5.41) is 0. The smallest absolute Gasteiger partial charge is 0.125 e. The Kier molecular flexibility index (Phi) is 55.4. The predicted molar refractivity (Wildman–Crippen MR) is 630 cm³/mol. The largest absolute Gasteiger partial charge is 0.146 e. The highest BCUT2D eigenvalue weighted by molar-refractivity contribution is 14.1. The molecule has 6 rings (SSSR count). The van der Waals surface area contributed by atoms with Gasteiger partial charge in [0.25, 0.3) is 0 Å². The molecule has 0 saturated heterocycles. The van der Waals surface area contributed by atoms with Crippen LogP contribution < -0.4 is 0 Å². The second-order valence-corrected chi connectivity index (χ2v) is 64.1. The highest BCUT2D eigenvalue weighted by Crippen LogP contribution is 2.45. The lowest BCUT2D eigenvalue weighted by atomic mass is 9.97. The highest BCUT2D eigenvalue weighted by atomic mass is 127. The molecule has 0 aromatic heterocycles. The molecule has 0 N–H and O–H groups in total. The lowest BCUT2D eigenvalue weighted by molar-refractivity contribution is 0.838. The zero-order chi connectivity index (χ0) is 102. The first-order chi connectivity index (χ1) is 65.2. The summed E-state index contributed by atoms with van der Waals surface area (Å²) >= 11 is 2.47. The number of terminal acetylenes is 3. The molecular formula is C133H169ISi4. The van der Waals surface area contributed by atoms with Gasteiger partial charge in [-0.05, 0) is 274 Å². The van der Waals surface area contributed by atoms with Crippen LogP contribution in [0.3, 0.4) is 0 Å². The molecule has 0 radical (unpaired) electrons. The van der Waals surface area contributed by atoms with Gasteiger partial charge in [0.15, 0.2) is 0 Å². The Morgan fingerprint density at radius 1 is 0.203 bits per heavy atom. The molecular weight excluding hydrogens is 1840 g/mol. The molecule has 0 fully saturated rings. The van der Waals surface area contributed by atoms with Crippen LogP contribution in [0.4, 0.5) is 0 Å². The van der Waals surface area contributed by atoms with E-state index in [2.05, 4.69) is 506 Å². The fourth-order valence-electron chi connectivity index (χ4n) is 19.9. The number of allylic oxidation sites excluding steroid dienone is 8. The van der Waals surface area contributed by atoms with Gasteiger partial charge in [0, 0.05) is 120 Å². The summed E-state index contributed by atoms with van der Waals surface area (Å²) in [7, 11) is -7.23. The van der Waals surface area contributed by atoms with Crippen LogP contribution in [-0.4, -0.2) is 32.3 Å². The first-order valence-electron chi connectivity index (χ1n) is 51.6. The summed E-state index contributed by atoms with van der Waals surface area (Å²) in [6, 6.07) is 45.8. The number of rotatable bonds is 28. The third kappa shape index (κ3) is 36.7. The maximum atomic E-state index is 5.21. The molecule has 138 heavy (non-hydrogen) atoms. The van der Waals surface area contributed by atoms with Gasteiger partial charge in [-0.1, -0.05) is 405 Å². The van der Waals surface area contributed by atoms with Crippen LogP contribution in [-0.2, 0) is 0 Å². The van der Waals surface area contributed by atoms with Crippen LogP contribution in [0.15, 0.2) is 176 Å². The van der Waals surface area contributed by atoms with E-state index in [0.717, 1.165) is 208 Å². The van der Waals surface area contributed by atoms with E-state index in [4.69, 9.17) is 19.3 Å². The van der Waals surface area contributed by atoms with Crippen LogP contribution in [0.25, 0.3) is 0 Å². The molecule has 0 heterocycles. The first kappa shape index (κ1) is 122. The van der Waals surface area contributed by atoms with Crippen molar-refractivity contribution in [3.63, 3.8) is 0 Å². The number of hydrogen-bond donors (Lipinski definition) is 0. The fourth-order valence-corrected chi connectivity index (χ4v) is 41.7. The SMILES string of the molecule is C.C#Cc1cc(C#C)cc(C#C)c1.CCC/C(C#Cc1ccc(C#C[Si](C(C)C)(C(C)C)C(C)C)cc1)=C(\C#Cc1cc(C#C/C(CCC)=C(/C#Cc2ccc(C#C[Si](C(C)C)(C(C)C)C(C)C)cc2)CCC)cc(C#C/C(CCC)=C(/C#Cc2ccc(C#C[Si](C(C)C)(C(C)C)C(C)C)cc2)CCC)c1)CCC.CCC/C(I)=C(\C#Cc1ccc(C#C[Si](C(C)C)(C(C)C)C(C)C)cc1)CCC. The highest BCUT2D eigenvalue weighted by Gasteiger charge is 2.45. The lowest BCUT2D eigenvalue weighted by Gasteiger charge is -2.38. The maximum absolute atomic E-state index is 5.21. The quantitative estimate of drug-likeness (QED) is 0.0261. The van der Waals surface area contributed by atoms with Gasteiger partial charge in [-0.3, -0.25) is 0 Å². The van der Waals surface area contributed by atoms with Crippen molar-refractivity contribution >= 4 is 54.9 Å². The zero-order valence-electron chi connectivity index (χ0n) is 90.6. The summed E-state index contributed by atoms with van der Waals surface area (Å²) in [5.74, 6) is 72.2. The van der Waals surface area contributed by atoms with Crippen LogP contribution in [0.1, 0.15) is 410 Å². The van der Waals surface area contributed by atoms with E-state index in [1.54, 1.807) is 18.2 Å². The Morgan fingerprint density at radius 3 is 0.478 bits per heavy atom. The molecule has 6 aromatic carbocycles. The molecule has 724 valence electrons. The monoisotopic (exact) mass is 2010 g/mol. The first-order valence-corrected chi connectivity index (χ1v) is 61.6. The topological polar surface area (TPSA) is 0 Å². The Morgan fingerprint density at radius 2 is 0.333 bits per heavy atom. The van der Waals surface area contributed by atoms with Crippen molar-refractivity contribution in [1.82, 2.24) is 0 Å². The minimum atomic E-state index is -1.85. The molecule has 0 saturated carbocycles. The van der Waals surface area contributed by atoms with Crippen LogP contribution in [0.2, 0.25) is 66.5 Å². The third-order valence-electron chi connectivity index (χ3n) is 27.0. The lowest BCUT2D eigenvalue weighted by Crippen LogP contribution is -2.43. The fraction of sp³-hybridized carbons (Fsp3) is 0.459. The zero-order valence-corrected chi connectivity index (χ0v) is 96.7. The van der Waals surface area contributed by atoms with Gasteiger partial charge in [0.2, 0.25) is 0 Å². The van der Waals surface area contributed by atoms with Crippen molar-refractivity contribution in [2.75, 3.05) is 0 Å². The molecule has 0 atom stereocenters. The van der Waals surface area contributed by atoms with E-state index in [0.29, 0.717) is 66.5 Å². The van der Waals surface area contributed by atoms with Crippen molar-refractivity contribution in [3.05, 3.63) is 254 Å². The Hall–Kier alpha value is -10.3. The van der Waals surface area contributed by atoms with Gasteiger partial charge in [-0.15, -0.1) is 41.4 Å². The van der Waals surface area contributed by atoms with Crippen molar-refractivity contribution in [3.8, 4) is 166 Å². The number of halogens is 1. The minimum Gasteiger partial charge on any atom is -0.125 e. The Balaban J connectivity index is 0.000000951. The standard InChI is InChI=1S/C93H120Si3.C27H39ISi.C12H6.CH4/c1-25-31-88(55-49-79-37-43-82(44-38-79)61-64-94(70(7)8,71(9)10)72(11)12)91(34-28-4)58-52-85-67-86(53-59-92(35-29-5)89(32-26-2)56-50-80-39-45-83(46-40-80)62-65-95(73(13)14,74(15)16)75(17)18)69-87(68-85)54-60-93(36-30-6)90(33-27-3)57-51-81-41-47-84(48-42-81)63-66-96(76(19)20,77(21)22)78(23)24;1-9-11-26(27(28)12-10-2)18-17-24-13-15-25(16-14-24)19-20-29(21(3)4,22(5)6)23(7)8;1-4-10-7-11(5-2)9-12(6-3)8-10;/h37-48,67-78H,25-36H2,1-24H3;13-16,21-23H,9-12H2,1-8H3;1-3,7-9H;1H4/b91-88+,92-89+,93-90+;27-26+;;. The molecule has 0 amide bonds. The van der Waals surface area contributed by atoms with E-state index < -0.39 is 32.3 Å². The summed E-state index contributed by atoms with van der Waals surface area (Å²) in [4.78, 5) is 0. The van der Waals surface area contributed by atoms with E-state index in [-0.39, 0.29) is 7.43 Å². The Labute approximate surface area is 865 Å². The van der Waals surface area contributed by atoms with Crippen molar-refractivity contribution < 1.29 is 0 Å². The molecule has 6 aromatic rings. The van der Waals surface area contributed by atoms with E-state index >= 15 is 0 Å². The maximum Gasteiger partial charge on any atom is 0.146 e. The third-order valence-corrected chi connectivity index (χ3v) is 53.3. The van der Waals surface area contributed by atoms with Gasteiger partial charge in [-0.2, -0.15) is 0 Å². The van der Waals surface area contributed by atoms with Gasteiger partial charge < -0.3 is 0 Å². The van der Waals surface area contributed by atoms with Gasteiger partial charge >= 0.3 is 0 Å². The summed E-state index contributed by atoms with van der Waals surface area (Å²) in [6.07, 6.45) is 31.0. The normalized spacial score (nSPS) is 11.8. The van der Waals surface area contributed by atoms with E-state index in [1.165, 1.54) is 15.6 Å². The van der Waals surface area contributed by atoms with Gasteiger partial charge in [0.1, 0.15) is 32.3 Å². The molecule has 0 spiro atoms. The van der Waals surface area contributed by atoms with Crippen LogP contribution in [0.5, 0.6) is 0 Å². The van der Waals surface area contributed by atoms with Crippen LogP contribution in [0, 0.1) is 166 Å². The summed E-state index contributed by atoms with van der Waals surface area (Å²) in [6.45, 7) is 74.6.